The standard InChI is InChI=1S/C12H17NO4/c1-8-5-9(3-4-10(8)16)11(17)13-12(2,6-14)7-15/h3-5,14-16H,6-7H2,1-2H3,(H,13,17). The molecule has 0 bridgehead atoms. The van der Waals surface area contributed by atoms with Gasteiger partial charge in [0.2, 0.25) is 0 Å². The number of amides is 1. The number of phenols is 1. The Balaban J connectivity index is 2.86. The second kappa shape index (κ2) is 5.16. The molecular formula is C12H17NO4. The first-order valence-corrected chi connectivity index (χ1v) is 5.26. The van der Waals surface area contributed by atoms with Crippen molar-refractivity contribution in [3.8, 4) is 5.75 Å². The van der Waals surface area contributed by atoms with Gasteiger partial charge in [-0.05, 0) is 37.6 Å². The van der Waals surface area contributed by atoms with Crippen molar-refractivity contribution in [3.05, 3.63) is 29.3 Å². The third kappa shape index (κ3) is 3.18. The van der Waals surface area contributed by atoms with Crippen molar-refractivity contribution in [1.82, 2.24) is 5.32 Å². The maximum absolute atomic E-state index is 11.8. The van der Waals surface area contributed by atoms with Crippen LogP contribution in [0.1, 0.15) is 22.8 Å². The van der Waals surface area contributed by atoms with Gasteiger partial charge in [0.25, 0.3) is 5.91 Å². The summed E-state index contributed by atoms with van der Waals surface area (Å²) >= 11 is 0. The summed E-state index contributed by atoms with van der Waals surface area (Å²) in [5, 5.41) is 30.0. The second-order valence-electron chi connectivity index (χ2n) is 4.33. The quantitative estimate of drug-likeness (QED) is 0.603. The number of hydrogen-bond acceptors (Lipinski definition) is 4. The van der Waals surface area contributed by atoms with Crippen molar-refractivity contribution < 1.29 is 20.1 Å². The van der Waals surface area contributed by atoms with Crippen LogP contribution in [-0.4, -0.2) is 40.0 Å². The van der Waals surface area contributed by atoms with Crippen LogP contribution >= 0.6 is 0 Å². The molecule has 17 heavy (non-hydrogen) atoms. The van der Waals surface area contributed by atoms with Crippen LogP contribution in [0.2, 0.25) is 0 Å². The number of aromatic hydroxyl groups is 1. The van der Waals surface area contributed by atoms with E-state index in [2.05, 4.69) is 5.32 Å². The van der Waals surface area contributed by atoms with E-state index in [1.807, 2.05) is 0 Å². The molecule has 5 heteroatoms. The highest BCUT2D eigenvalue weighted by Gasteiger charge is 2.25. The van der Waals surface area contributed by atoms with Gasteiger partial charge >= 0.3 is 0 Å². The molecule has 0 aliphatic carbocycles. The number of aliphatic hydroxyl groups is 2. The molecule has 1 amide bonds. The fourth-order valence-corrected chi connectivity index (χ4v) is 1.27. The van der Waals surface area contributed by atoms with E-state index in [1.165, 1.54) is 19.1 Å². The van der Waals surface area contributed by atoms with Crippen molar-refractivity contribution in [1.29, 1.82) is 0 Å². The highest BCUT2D eigenvalue weighted by molar-refractivity contribution is 5.95. The summed E-state index contributed by atoms with van der Waals surface area (Å²) in [6, 6.07) is 4.45. The third-order valence-corrected chi connectivity index (χ3v) is 2.57. The molecule has 0 heterocycles. The number of aliphatic hydroxyl groups excluding tert-OH is 2. The molecule has 0 atom stereocenters. The van der Waals surface area contributed by atoms with E-state index in [1.54, 1.807) is 13.0 Å². The minimum absolute atomic E-state index is 0.119. The Morgan fingerprint density at radius 2 is 1.94 bits per heavy atom. The van der Waals surface area contributed by atoms with Crippen molar-refractivity contribution in [2.24, 2.45) is 0 Å². The number of hydrogen-bond donors (Lipinski definition) is 4. The Bertz CT molecular complexity index is 413. The summed E-state index contributed by atoms with van der Waals surface area (Å²) in [6.45, 7) is 2.51. The number of phenolic OH excluding ortho intramolecular Hbond substituents is 1. The van der Waals surface area contributed by atoms with E-state index in [9.17, 15) is 9.90 Å². The second-order valence-corrected chi connectivity index (χ2v) is 4.33. The Morgan fingerprint density at radius 3 is 2.41 bits per heavy atom. The van der Waals surface area contributed by atoms with Crippen LogP contribution in [0.3, 0.4) is 0 Å². The molecule has 0 radical (unpaired) electrons. The van der Waals surface area contributed by atoms with E-state index in [0.29, 0.717) is 11.1 Å². The SMILES string of the molecule is Cc1cc(C(=O)NC(C)(CO)CO)ccc1O. The molecule has 5 nitrogen and oxygen atoms in total. The Morgan fingerprint density at radius 1 is 1.35 bits per heavy atom. The first kappa shape index (κ1) is 13.5. The lowest BCUT2D eigenvalue weighted by Crippen LogP contribution is -2.51. The lowest BCUT2D eigenvalue weighted by Gasteiger charge is -2.26. The topological polar surface area (TPSA) is 89.8 Å². The molecular weight excluding hydrogens is 222 g/mol. The lowest BCUT2D eigenvalue weighted by molar-refractivity contribution is 0.0723. The molecule has 4 N–H and O–H groups in total. The van der Waals surface area contributed by atoms with E-state index in [4.69, 9.17) is 10.2 Å². The summed E-state index contributed by atoms with van der Waals surface area (Å²) in [5.41, 5.74) is -0.0937. The molecule has 0 saturated heterocycles. The molecule has 1 aromatic rings. The van der Waals surface area contributed by atoms with Crippen molar-refractivity contribution in [3.63, 3.8) is 0 Å². The van der Waals surface area contributed by atoms with Crippen LogP contribution in [0.4, 0.5) is 0 Å². The largest absolute Gasteiger partial charge is 0.508 e. The average molecular weight is 239 g/mol. The van der Waals surface area contributed by atoms with E-state index >= 15 is 0 Å². The minimum atomic E-state index is -1.05. The summed E-state index contributed by atoms with van der Waals surface area (Å²) in [6.07, 6.45) is 0. The van der Waals surface area contributed by atoms with Crippen molar-refractivity contribution in [2.45, 2.75) is 19.4 Å². The van der Waals surface area contributed by atoms with E-state index < -0.39 is 11.4 Å². The number of carbonyl (C=O) groups excluding carboxylic acids is 1. The van der Waals surface area contributed by atoms with Crippen LogP contribution in [0.25, 0.3) is 0 Å². The normalized spacial score (nSPS) is 11.3. The minimum Gasteiger partial charge on any atom is -0.508 e. The van der Waals surface area contributed by atoms with Crippen LogP contribution in [0, 0.1) is 6.92 Å². The Labute approximate surface area is 99.7 Å². The van der Waals surface area contributed by atoms with Gasteiger partial charge in [-0.3, -0.25) is 4.79 Å². The molecule has 0 aliphatic rings. The predicted octanol–water partition coefficient (Wildman–Crippen LogP) is 0.174. The monoisotopic (exact) mass is 239 g/mol. The first-order valence-electron chi connectivity index (χ1n) is 5.26. The number of aryl methyl sites for hydroxylation is 1. The fourth-order valence-electron chi connectivity index (χ4n) is 1.27. The van der Waals surface area contributed by atoms with E-state index in [0.717, 1.165) is 0 Å². The molecule has 1 aromatic carbocycles. The highest BCUT2D eigenvalue weighted by Crippen LogP contribution is 2.17. The molecule has 0 unspecified atom stereocenters. The van der Waals surface area contributed by atoms with Gasteiger partial charge in [0, 0.05) is 5.56 Å². The van der Waals surface area contributed by atoms with Crippen LogP contribution in [0.5, 0.6) is 5.75 Å². The Kier molecular flexibility index (Phi) is 4.09. The molecule has 0 aliphatic heterocycles. The smallest absolute Gasteiger partial charge is 0.251 e. The van der Waals surface area contributed by atoms with Gasteiger partial charge in [0.05, 0.1) is 18.8 Å². The van der Waals surface area contributed by atoms with Crippen LogP contribution in [0.15, 0.2) is 18.2 Å². The number of carbonyl (C=O) groups is 1. The summed E-state index contributed by atoms with van der Waals surface area (Å²) in [4.78, 5) is 11.8. The maximum atomic E-state index is 11.8. The maximum Gasteiger partial charge on any atom is 0.251 e. The molecule has 0 fully saturated rings. The molecule has 0 aromatic heterocycles. The third-order valence-electron chi connectivity index (χ3n) is 2.57. The van der Waals surface area contributed by atoms with Crippen molar-refractivity contribution in [2.75, 3.05) is 13.2 Å². The van der Waals surface area contributed by atoms with Gasteiger partial charge in [-0.25, -0.2) is 0 Å². The van der Waals surface area contributed by atoms with Gasteiger partial charge in [-0.1, -0.05) is 0 Å². The molecule has 0 spiro atoms. The summed E-state index contributed by atoms with van der Waals surface area (Å²) < 4.78 is 0. The zero-order chi connectivity index (χ0) is 13.1. The predicted molar refractivity (Wildman–Crippen MR) is 62.9 cm³/mol. The van der Waals surface area contributed by atoms with Gasteiger partial charge in [-0.15, -0.1) is 0 Å². The summed E-state index contributed by atoms with van der Waals surface area (Å²) in [5.74, 6) is -0.285. The van der Waals surface area contributed by atoms with Crippen LogP contribution < -0.4 is 5.32 Å². The van der Waals surface area contributed by atoms with Gasteiger partial charge in [0.1, 0.15) is 5.75 Å². The fraction of sp³-hybridized carbons (Fsp3) is 0.417. The van der Waals surface area contributed by atoms with Crippen LogP contribution in [-0.2, 0) is 0 Å². The number of nitrogens with one attached hydrogen (secondary N) is 1. The summed E-state index contributed by atoms with van der Waals surface area (Å²) in [7, 11) is 0. The molecule has 1 rings (SSSR count). The highest BCUT2D eigenvalue weighted by atomic mass is 16.3. The average Bonchev–Trinajstić information content (AvgIpc) is 2.32. The zero-order valence-corrected chi connectivity index (χ0v) is 9.90. The van der Waals surface area contributed by atoms with E-state index in [-0.39, 0.29) is 19.0 Å². The van der Waals surface area contributed by atoms with Gasteiger partial charge < -0.3 is 20.6 Å². The number of rotatable bonds is 4. The Hall–Kier alpha value is -1.59. The number of benzene rings is 1. The lowest BCUT2D eigenvalue weighted by atomic mass is 10.0. The first-order chi connectivity index (χ1) is 7.91. The van der Waals surface area contributed by atoms with Gasteiger partial charge in [-0.2, -0.15) is 0 Å². The van der Waals surface area contributed by atoms with Gasteiger partial charge in [0.15, 0.2) is 0 Å². The zero-order valence-electron chi connectivity index (χ0n) is 9.90. The van der Waals surface area contributed by atoms with Crippen molar-refractivity contribution >= 4 is 5.91 Å². The molecule has 94 valence electrons. The molecule has 0 saturated carbocycles.